The Morgan fingerprint density at radius 2 is 1.77 bits per heavy atom. The van der Waals surface area contributed by atoms with Crippen LogP contribution in [0.5, 0.6) is 5.75 Å². The lowest BCUT2D eigenvalue weighted by atomic mass is 10.1. The lowest BCUT2D eigenvalue weighted by Crippen LogP contribution is -2.25. The van der Waals surface area contributed by atoms with Crippen molar-refractivity contribution in [2.24, 2.45) is 0 Å². The van der Waals surface area contributed by atoms with Crippen molar-refractivity contribution in [3.63, 3.8) is 0 Å². The highest BCUT2D eigenvalue weighted by Gasteiger charge is 2.12. The van der Waals surface area contributed by atoms with Crippen molar-refractivity contribution < 1.29 is 9.53 Å². The third-order valence-corrected chi connectivity index (χ3v) is 5.52. The molecule has 1 N–H and O–H groups in total. The van der Waals surface area contributed by atoms with E-state index in [1.54, 1.807) is 7.11 Å². The fourth-order valence-electron chi connectivity index (χ4n) is 3.88. The molecule has 1 fully saturated rings. The van der Waals surface area contributed by atoms with E-state index in [0.717, 1.165) is 47.2 Å². The minimum absolute atomic E-state index is 0.0759. The number of hydrogen-bond donors (Lipinski definition) is 1. The van der Waals surface area contributed by atoms with Gasteiger partial charge in [-0.2, -0.15) is 0 Å². The normalized spacial score (nSPS) is 14.0. The maximum absolute atomic E-state index is 12.5. The Bertz CT molecular complexity index is 1010. The first-order chi connectivity index (χ1) is 15.2. The number of benzene rings is 2. The number of carbonyl (C=O) groups is 1. The number of hydrogen-bond acceptors (Lipinski definition) is 5. The standard InChI is InChI=1S/C25H28N4O2/c1-31-22-11-6-8-19(16-22)17-25(30)26-21-10-7-9-20(18-21)23-12-13-24(28-27-23)29-14-4-2-3-5-15-29/h6-13,16,18H,2-5,14-15,17H2,1H3,(H,26,30). The molecule has 0 bridgehead atoms. The average Bonchev–Trinajstić information content (AvgIpc) is 3.09. The summed E-state index contributed by atoms with van der Waals surface area (Å²) in [6.45, 7) is 2.09. The molecule has 6 heteroatoms. The van der Waals surface area contributed by atoms with Gasteiger partial charge in [-0.25, -0.2) is 0 Å². The Labute approximate surface area is 183 Å². The van der Waals surface area contributed by atoms with Crippen molar-refractivity contribution in [2.75, 3.05) is 30.4 Å². The molecule has 2 aromatic carbocycles. The Hall–Kier alpha value is -3.41. The van der Waals surface area contributed by atoms with Crippen LogP contribution in [0.3, 0.4) is 0 Å². The Morgan fingerprint density at radius 3 is 2.52 bits per heavy atom. The maximum Gasteiger partial charge on any atom is 0.228 e. The molecule has 1 amide bonds. The zero-order valence-electron chi connectivity index (χ0n) is 17.9. The highest BCUT2D eigenvalue weighted by atomic mass is 16.5. The van der Waals surface area contributed by atoms with Crippen molar-refractivity contribution in [1.29, 1.82) is 0 Å². The number of rotatable bonds is 6. The highest BCUT2D eigenvalue weighted by molar-refractivity contribution is 5.92. The predicted octanol–water partition coefficient (Wildman–Crippen LogP) is 4.71. The van der Waals surface area contributed by atoms with Gasteiger partial charge in [0.2, 0.25) is 5.91 Å². The second-order valence-electron chi connectivity index (χ2n) is 7.84. The van der Waals surface area contributed by atoms with E-state index in [0.29, 0.717) is 0 Å². The molecule has 1 aliphatic rings. The summed E-state index contributed by atoms with van der Waals surface area (Å²) < 4.78 is 5.23. The maximum atomic E-state index is 12.5. The third kappa shape index (κ3) is 5.60. The van der Waals surface area contributed by atoms with Gasteiger partial charge in [-0.05, 0) is 54.8 Å². The predicted molar refractivity (Wildman–Crippen MR) is 123 cm³/mol. The van der Waals surface area contributed by atoms with Gasteiger partial charge >= 0.3 is 0 Å². The fraction of sp³-hybridized carbons (Fsp3) is 0.320. The molecule has 0 unspecified atom stereocenters. The second kappa shape index (κ2) is 10.1. The number of anilines is 2. The molecule has 0 saturated carbocycles. The summed E-state index contributed by atoms with van der Waals surface area (Å²) in [4.78, 5) is 14.8. The van der Waals surface area contributed by atoms with Gasteiger partial charge in [0.25, 0.3) is 0 Å². The van der Waals surface area contributed by atoms with E-state index < -0.39 is 0 Å². The van der Waals surface area contributed by atoms with Crippen LogP contribution in [0.15, 0.2) is 60.7 Å². The smallest absolute Gasteiger partial charge is 0.228 e. The molecular weight excluding hydrogens is 388 g/mol. The van der Waals surface area contributed by atoms with Crippen molar-refractivity contribution in [1.82, 2.24) is 10.2 Å². The van der Waals surface area contributed by atoms with E-state index in [2.05, 4.69) is 20.4 Å². The minimum atomic E-state index is -0.0759. The summed E-state index contributed by atoms with van der Waals surface area (Å²) in [5.74, 6) is 1.61. The van der Waals surface area contributed by atoms with E-state index in [-0.39, 0.29) is 12.3 Å². The summed E-state index contributed by atoms with van der Waals surface area (Å²) >= 11 is 0. The first kappa shape index (κ1) is 20.8. The Morgan fingerprint density at radius 1 is 0.968 bits per heavy atom. The van der Waals surface area contributed by atoms with Crippen LogP contribution in [-0.2, 0) is 11.2 Å². The van der Waals surface area contributed by atoms with Gasteiger partial charge in [0.05, 0.1) is 19.2 Å². The van der Waals surface area contributed by atoms with E-state index in [4.69, 9.17) is 4.74 Å². The van der Waals surface area contributed by atoms with Gasteiger partial charge in [-0.15, -0.1) is 10.2 Å². The molecule has 6 nitrogen and oxygen atoms in total. The molecule has 2 heterocycles. The largest absolute Gasteiger partial charge is 0.497 e. The van der Waals surface area contributed by atoms with Crippen LogP contribution in [0.4, 0.5) is 11.5 Å². The second-order valence-corrected chi connectivity index (χ2v) is 7.84. The number of methoxy groups -OCH3 is 1. The summed E-state index contributed by atoms with van der Waals surface area (Å²) in [5, 5.41) is 11.9. The van der Waals surface area contributed by atoms with E-state index in [9.17, 15) is 4.79 Å². The van der Waals surface area contributed by atoms with Gasteiger partial charge in [0.1, 0.15) is 5.75 Å². The third-order valence-electron chi connectivity index (χ3n) is 5.52. The zero-order chi connectivity index (χ0) is 21.5. The molecule has 31 heavy (non-hydrogen) atoms. The molecule has 0 atom stereocenters. The molecule has 0 aliphatic carbocycles. The van der Waals surface area contributed by atoms with Crippen molar-refractivity contribution in [3.8, 4) is 17.0 Å². The van der Waals surface area contributed by atoms with Crippen LogP contribution < -0.4 is 15.0 Å². The number of nitrogens with zero attached hydrogens (tertiary/aromatic N) is 3. The first-order valence-corrected chi connectivity index (χ1v) is 10.8. The van der Waals surface area contributed by atoms with Crippen LogP contribution in [0.25, 0.3) is 11.3 Å². The molecule has 0 spiro atoms. The molecule has 3 aromatic rings. The minimum Gasteiger partial charge on any atom is -0.497 e. The average molecular weight is 417 g/mol. The van der Waals surface area contributed by atoms with E-state index in [1.165, 1.54) is 25.7 Å². The highest BCUT2D eigenvalue weighted by Crippen LogP contribution is 2.23. The van der Waals surface area contributed by atoms with Gasteiger partial charge in [0, 0.05) is 24.3 Å². The summed E-state index contributed by atoms with van der Waals surface area (Å²) in [6.07, 6.45) is 5.28. The van der Waals surface area contributed by atoms with Gasteiger partial charge in [-0.3, -0.25) is 4.79 Å². The van der Waals surface area contributed by atoms with Crippen LogP contribution in [0.1, 0.15) is 31.2 Å². The van der Waals surface area contributed by atoms with Crippen LogP contribution in [-0.4, -0.2) is 36.3 Å². The number of carbonyl (C=O) groups excluding carboxylic acids is 1. The molecule has 1 aliphatic heterocycles. The van der Waals surface area contributed by atoms with Crippen LogP contribution in [0.2, 0.25) is 0 Å². The molecule has 1 saturated heterocycles. The van der Waals surface area contributed by atoms with E-state index in [1.807, 2.05) is 60.7 Å². The summed E-state index contributed by atoms with van der Waals surface area (Å²) in [6, 6.07) is 19.3. The van der Waals surface area contributed by atoms with Crippen molar-refractivity contribution in [3.05, 3.63) is 66.2 Å². The molecule has 0 radical (unpaired) electrons. The number of nitrogens with one attached hydrogen (secondary N) is 1. The summed E-state index contributed by atoms with van der Waals surface area (Å²) in [7, 11) is 1.62. The first-order valence-electron chi connectivity index (χ1n) is 10.8. The fourth-order valence-corrected chi connectivity index (χ4v) is 3.88. The van der Waals surface area contributed by atoms with E-state index >= 15 is 0 Å². The molecule has 1 aromatic heterocycles. The Balaban J connectivity index is 1.42. The van der Waals surface area contributed by atoms with Gasteiger partial charge < -0.3 is 15.0 Å². The lowest BCUT2D eigenvalue weighted by Gasteiger charge is -2.20. The molecule has 4 rings (SSSR count). The van der Waals surface area contributed by atoms with Crippen LogP contribution in [0, 0.1) is 0 Å². The quantitative estimate of drug-likeness (QED) is 0.630. The number of ether oxygens (including phenoxy) is 1. The topological polar surface area (TPSA) is 67.3 Å². The summed E-state index contributed by atoms with van der Waals surface area (Å²) in [5.41, 5.74) is 3.36. The number of aromatic nitrogens is 2. The zero-order valence-corrected chi connectivity index (χ0v) is 17.9. The van der Waals surface area contributed by atoms with Gasteiger partial charge in [0.15, 0.2) is 5.82 Å². The monoisotopic (exact) mass is 416 g/mol. The number of amides is 1. The van der Waals surface area contributed by atoms with Crippen molar-refractivity contribution in [2.45, 2.75) is 32.1 Å². The van der Waals surface area contributed by atoms with Gasteiger partial charge in [-0.1, -0.05) is 37.1 Å². The molecular formula is C25H28N4O2. The molecule has 160 valence electrons. The van der Waals surface area contributed by atoms with Crippen molar-refractivity contribution >= 4 is 17.4 Å². The Kier molecular flexibility index (Phi) is 6.77. The van der Waals surface area contributed by atoms with Crippen LogP contribution >= 0.6 is 0 Å². The lowest BCUT2D eigenvalue weighted by molar-refractivity contribution is -0.115. The SMILES string of the molecule is COc1cccc(CC(=O)Nc2cccc(-c3ccc(N4CCCCCC4)nn3)c2)c1.